The molecule has 1 heteroatoms. The molecule has 0 saturated heterocycles. The molecule has 366 valence electrons. The van der Waals surface area contributed by atoms with Gasteiger partial charge in [0.2, 0.25) is 0 Å². The topological polar surface area (TPSA) is 3.24 Å². The number of fused-ring (bicyclic) bond motifs is 8. The van der Waals surface area contributed by atoms with Crippen molar-refractivity contribution in [3.63, 3.8) is 0 Å². The number of benzene rings is 12. The van der Waals surface area contributed by atoms with Crippen molar-refractivity contribution in [2.45, 2.75) is 37.5 Å². The molecule has 77 heavy (non-hydrogen) atoms. The van der Waals surface area contributed by atoms with Crippen LogP contribution in [-0.2, 0) is 10.8 Å². The lowest BCUT2D eigenvalue weighted by Crippen LogP contribution is -2.28. The van der Waals surface area contributed by atoms with Crippen LogP contribution in [0.1, 0.15) is 71.2 Å². The van der Waals surface area contributed by atoms with Crippen LogP contribution < -0.4 is 4.90 Å². The maximum absolute atomic E-state index is 2.51. The number of hydrogen-bond acceptors (Lipinski definition) is 1. The monoisotopic (exact) mass is 983 g/mol. The molecule has 14 rings (SSSR count). The van der Waals surface area contributed by atoms with E-state index in [4.69, 9.17) is 0 Å². The largest absolute Gasteiger partial charge is 0.310 e. The predicted octanol–water partition coefficient (Wildman–Crippen LogP) is 20.4. The van der Waals surface area contributed by atoms with Gasteiger partial charge in [0.1, 0.15) is 0 Å². The third-order valence-electron chi connectivity index (χ3n) is 17.3. The highest BCUT2D eigenvalue weighted by atomic mass is 15.1. The molecule has 0 bridgehead atoms. The number of nitrogens with zero attached hydrogens (tertiary/aromatic N) is 1. The molecule has 0 unspecified atom stereocenters. The Hall–Kier alpha value is -9.30. The molecule has 0 aromatic heterocycles. The van der Waals surface area contributed by atoms with Gasteiger partial charge in [-0.3, -0.25) is 0 Å². The van der Waals surface area contributed by atoms with Gasteiger partial charge in [0, 0.05) is 22.5 Å². The molecular weight excluding hydrogens is 927 g/mol. The smallest absolute Gasteiger partial charge is 0.0713 e. The first-order chi connectivity index (χ1) is 38.1. The number of rotatable bonds is 11. The van der Waals surface area contributed by atoms with E-state index in [-0.39, 0.29) is 5.41 Å². The van der Waals surface area contributed by atoms with E-state index >= 15 is 0 Å². The molecule has 0 radical (unpaired) electrons. The summed E-state index contributed by atoms with van der Waals surface area (Å²) < 4.78 is 0. The van der Waals surface area contributed by atoms with Crippen LogP contribution in [0.4, 0.5) is 17.1 Å². The summed E-state index contributed by atoms with van der Waals surface area (Å²) in [5, 5.41) is 5.02. The SMILES string of the molecule is CCC1(CC)c2cc(/C=C/c3cccc4c3-c3ccccc3C4(c3ccccc3)c3ccccc3)ccc2-c2ccc(N(c3ccc(-c4cccc5ccccc45)cc3)c3ccc(-c4cccc5ccccc45)cc3)cc21. The summed E-state index contributed by atoms with van der Waals surface area (Å²) in [5.41, 5.74) is 23.4. The third-order valence-corrected chi connectivity index (χ3v) is 17.3. The van der Waals surface area contributed by atoms with E-state index in [0.717, 1.165) is 29.9 Å². The van der Waals surface area contributed by atoms with Gasteiger partial charge in [0.15, 0.2) is 0 Å². The summed E-state index contributed by atoms with van der Waals surface area (Å²) >= 11 is 0. The standard InChI is InChI=1S/C76H57N/c1-3-75(4-2)72-50-52(36-38-57-24-19-35-71-74(57)69-31-15-16-34-70(69)76(71,58-25-7-5-8-26-58)59-27-9-6-10-28-59)37-48-67(72)68-49-47-62(51-73(68)75)77(60-43-39-55(40-44-60)65-32-17-22-53-20-11-13-29-63(53)65)61-45-41-56(42-46-61)66-33-18-23-54-21-12-14-30-64(54)66/h5-51H,3-4H2,1-2H3/b38-36+. The molecule has 0 heterocycles. The normalized spacial score (nSPS) is 13.6. The van der Waals surface area contributed by atoms with Gasteiger partial charge >= 0.3 is 0 Å². The summed E-state index contributed by atoms with van der Waals surface area (Å²) in [6.07, 6.45) is 6.69. The van der Waals surface area contributed by atoms with E-state index in [1.165, 1.54) is 111 Å². The fraction of sp³-hybridized carbons (Fsp3) is 0.0789. The van der Waals surface area contributed by atoms with Gasteiger partial charge in [-0.05, 0) is 160 Å². The third kappa shape index (κ3) is 7.37. The van der Waals surface area contributed by atoms with Gasteiger partial charge in [-0.15, -0.1) is 0 Å². The molecule has 1 nitrogen and oxygen atoms in total. The lowest BCUT2D eigenvalue weighted by atomic mass is 9.67. The van der Waals surface area contributed by atoms with Crippen molar-refractivity contribution in [1.82, 2.24) is 0 Å². The van der Waals surface area contributed by atoms with Crippen molar-refractivity contribution in [2.24, 2.45) is 0 Å². The Morgan fingerprint density at radius 1 is 0.338 bits per heavy atom. The minimum absolute atomic E-state index is 0.162. The first-order valence-corrected chi connectivity index (χ1v) is 27.4. The van der Waals surface area contributed by atoms with Crippen LogP contribution in [0.5, 0.6) is 0 Å². The Morgan fingerprint density at radius 3 is 1.40 bits per heavy atom. The van der Waals surface area contributed by atoms with Crippen molar-refractivity contribution in [1.29, 1.82) is 0 Å². The van der Waals surface area contributed by atoms with Crippen molar-refractivity contribution in [3.8, 4) is 44.5 Å². The molecule has 0 fully saturated rings. The molecule has 2 aliphatic carbocycles. The van der Waals surface area contributed by atoms with Crippen LogP contribution in [0.2, 0.25) is 0 Å². The molecule has 12 aromatic carbocycles. The molecule has 2 aliphatic rings. The Balaban J connectivity index is 0.853. The van der Waals surface area contributed by atoms with Gasteiger partial charge in [-0.1, -0.05) is 263 Å². The van der Waals surface area contributed by atoms with Gasteiger partial charge < -0.3 is 4.90 Å². The lowest BCUT2D eigenvalue weighted by Gasteiger charge is -2.33. The highest BCUT2D eigenvalue weighted by Crippen LogP contribution is 2.58. The molecule has 0 N–H and O–H groups in total. The average Bonchev–Trinajstić information content (AvgIpc) is 4.15. The summed E-state index contributed by atoms with van der Waals surface area (Å²) in [5.74, 6) is 0. The first-order valence-electron chi connectivity index (χ1n) is 27.4. The van der Waals surface area contributed by atoms with Crippen LogP contribution in [-0.4, -0.2) is 0 Å². The van der Waals surface area contributed by atoms with Crippen LogP contribution in [0.25, 0.3) is 78.2 Å². The fourth-order valence-corrected chi connectivity index (χ4v) is 13.6. The molecule has 0 amide bonds. The van der Waals surface area contributed by atoms with E-state index < -0.39 is 5.41 Å². The zero-order valence-electron chi connectivity index (χ0n) is 43.5. The van der Waals surface area contributed by atoms with Crippen LogP contribution in [0, 0.1) is 0 Å². The van der Waals surface area contributed by atoms with Gasteiger partial charge in [0.25, 0.3) is 0 Å². The summed E-state index contributed by atoms with van der Waals surface area (Å²) in [6, 6.07) is 101. The van der Waals surface area contributed by atoms with Crippen molar-refractivity contribution in [2.75, 3.05) is 4.90 Å². The van der Waals surface area contributed by atoms with Crippen LogP contribution in [0.3, 0.4) is 0 Å². The Kier molecular flexibility index (Phi) is 11.3. The first kappa shape index (κ1) is 46.2. The maximum Gasteiger partial charge on any atom is 0.0713 e. The van der Waals surface area contributed by atoms with Crippen molar-refractivity contribution >= 4 is 50.8 Å². The minimum atomic E-state index is -0.435. The highest BCUT2D eigenvalue weighted by molar-refractivity contribution is 5.99. The molecule has 0 spiro atoms. The quantitative estimate of drug-likeness (QED) is 0.117. The second-order valence-electron chi connectivity index (χ2n) is 20.9. The van der Waals surface area contributed by atoms with Crippen molar-refractivity contribution < 1.29 is 0 Å². The van der Waals surface area contributed by atoms with E-state index in [1.807, 2.05) is 0 Å². The van der Waals surface area contributed by atoms with E-state index in [1.54, 1.807) is 0 Å². The van der Waals surface area contributed by atoms with Gasteiger partial charge in [0.05, 0.1) is 5.41 Å². The Bertz CT molecular complexity index is 4040. The minimum Gasteiger partial charge on any atom is -0.310 e. The molecule has 0 saturated carbocycles. The van der Waals surface area contributed by atoms with Crippen LogP contribution >= 0.6 is 0 Å². The number of hydrogen-bond donors (Lipinski definition) is 0. The lowest BCUT2D eigenvalue weighted by molar-refractivity contribution is 0.490. The Labute approximate surface area is 452 Å². The summed E-state index contributed by atoms with van der Waals surface area (Å²) in [7, 11) is 0. The molecule has 0 aliphatic heterocycles. The summed E-state index contributed by atoms with van der Waals surface area (Å²) in [6.45, 7) is 4.76. The molecular formula is C76H57N. The second kappa shape index (κ2) is 18.8. The van der Waals surface area contributed by atoms with E-state index in [0.29, 0.717) is 0 Å². The average molecular weight is 984 g/mol. The maximum atomic E-state index is 2.51. The van der Waals surface area contributed by atoms with Gasteiger partial charge in [-0.2, -0.15) is 0 Å². The Morgan fingerprint density at radius 2 is 0.805 bits per heavy atom. The van der Waals surface area contributed by atoms with E-state index in [9.17, 15) is 0 Å². The van der Waals surface area contributed by atoms with Crippen LogP contribution in [0.15, 0.2) is 273 Å². The zero-order valence-corrected chi connectivity index (χ0v) is 43.5. The predicted molar refractivity (Wildman–Crippen MR) is 326 cm³/mol. The fourth-order valence-electron chi connectivity index (χ4n) is 13.6. The second-order valence-corrected chi connectivity index (χ2v) is 20.9. The zero-order chi connectivity index (χ0) is 51.5. The summed E-state index contributed by atoms with van der Waals surface area (Å²) in [4.78, 5) is 2.45. The molecule has 12 aromatic rings. The highest BCUT2D eigenvalue weighted by Gasteiger charge is 2.46. The van der Waals surface area contributed by atoms with E-state index in [2.05, 4.69) is 304 Å². The van der Waals surface area contributed by atoms with Gasteiger partial charge in [-0.25, -0.2) is 0 Å². The van der Waals surface area contributed by atoms with Crippen molar-refractivity contribution in [3.05, 3.63) is 317 Å². The number of anilines is 3. The molecule has 0 atom stereocenters.